The van der Waals surface area contributed by atoms with E-state index in [9.17, 15) is 4.79 Å². The van der Waals surface area contributed by atoms with Gasteiger partial charge in [0.1, 0.15) is 11.9 Å². The normalized spacial score (nSPS) is 27.7. The van der Waals surface area contributed by atoms with E-state index in [4.69, 9.17) is 4.74 Å². The number of hydrogen-bond donors (Lipinski definition) is 0. The van der Waals surface area contributed by atoms with Gasteiger partial charge in [0, 0.05) is 18.6 Å². The van der Waals surface area contributed by atoms with Crippen molar-refractivity contribution in [3.63, 3.8) is 0 Å². The summed E-state index contributed by atoms with van der Waals surface area (Å²) < 4.78 is 6.04. The van der Waals surface area contributed by atoms with Crippen LogP contribution in [0.4, 0.5) is 0 Å². The van der Waals surface area contributed by atoms with Crippen LogP contribution in [0.2, 0.25) is 0 Å². The van der Waals surface area contributed by atoms with Crippen molar-refractivity contribution in [1.29, 1.82) is 0 Å². The van der Waals surface area contributed by atoms with Gasteiger partial charge in [0.2, 0.25) is 0 Å². The lowest BCUT2D eigenvalue weighted by molar-refractivity contribution is -0.118. The lowest BCUT2D eigenvalue weighted by Crippen LogP contribution is -2.31. The summed E-state index contributed by atoms with van der Waals surface area (Å²) in [5.74, 6) is 2.21. The van der Waals surface area contributed by atoms with Crippen molar-refractivity contribution >= 4 is 17.5 Å². The highest BCUT2D eigenvalue weighted by molar-refractivity contribution is 8.04. The molecule has 2 nitrogen and oxygen atoms in total. The topological polar surface area (TPSA) is 26.3 Å². The van der Waals surface area contributed by atoms with Gasteiger partial charge in [-0.2, -0.15) is 0 Å². The number of thioether (sulfide) groups is 1. The Morgan fingerprint density at radius 2 is 2.18 bits per heavy atom. The monoisotopic (exact) mass is 254 g/mol. The Balaban J connectivity index is 2.07. The van der Waals surface area contributed by atoms with E-state index in [1.807, 2.05) is 0 Å². The van der Waals surface area contributed by atoms with Gasteiger partial charge in [0.15, 0.2) is 5.78 Å². The maximum atomic E-state index is 12.0. The van der Waals surface area contributed by atoms with Crippen LogP contribution < -0.4 is 0 Å². The molecule has 0 saturated heterocycles. The third-order valence-electron chi connectivity index (χ3n) is 3.39. The summed E-state index contributed by atoms with van der Waals surface area (Å²) >= 11 is 1.72. The number of unbranched alkanes of at least 4 members (excludes halogenated alkanes) is 1. The quantitative estimate of drug-likeness (QED) is 0.764. The Kier molecular flexibility index (Phi) is 3.86. The molecule has 0 spiro atoms. The Hall–Kier alpha value is -0.440. The Morgan fingerprint density at radius 1 is 1.41 bits per heavy atom. The van der Waals surface area contributed by atoms with Crippen molar-refractivity contribution in [3.8, 4) is 0 Å². The number of ether oxygens (including phenoxy) is 1. The minimum absolute atomic E-state index is 0.0725. The summed E-state index contributed by atoms with van der Waals surface area (Å²) in [6, 6.07) is 0. The zero-order valence-corrected chi connectivity index (χ0v) is 11.9. The SMILES string of the molecule is CCCCC1CSC2=C(CC(C)(C)CC2=O)O1. The smallest absolute Gasteiger partial charge is 0.173 e. The van der Waals surface area contributed by atoms with Crippen molar-refractivity contribution in [3.05, 3.63) is 10.7 Å². The van der Waals surface area contributed by atoms with E-state index in [0.29, 0.717) is 12.5 Å². The molecule has 1 heterocycles. The first kappa shape index (κ1) is 13.0. The second kappa shape index (κ2) is 5.05. The zero-order chi connectivity index (χ0) is 12.5. The van der Waals surface area contributed by atoms with Crippen LogP contribution in [0.1, 0.15) is 52.9 Å². The molecular weight excluding hydrogens is 232 g/mol. The van der Waals surface area contributed by atoms with Crippen LogP contribution in [0.5, 0.6) is 0 Å². The van der Waals surface area contributed by atoms with Crippen molar-refractivity contribution < 1.29 is 9.53 Å². The first-order valence-electron chi connectivity index (χ1n) is 6.57. The van der Waals surface area contributed by atoms with E-state index in [2.05, 4.69) is 20.8 Å². The second-order valence-electron chi connectivity index (χ2n) is 5.89. The zero-order valence-electron chi connectivity index (χ0n) is 11.0. The highest BCUT2D eigenvalue weighted by atomic mass is 32.2. The van der Waals surface area contributed by atoms with Crippen molar-refractivity contribution in [2.45, 2.75) is 59.0 Å². The van der Waals surface area contributed by atoms with Gasteiger partial charge in [-0.1, -0.05) is 33.6 Å². The fourth-order valence-corrected chi connectivity index (χ4v) is 3.59. The first-order chi connectivity index (χ1) is 8.02. The number of rotatable bonds is 3. The molecule has 1 aliphatic carbocycles. The fraction of sp³-hybridized carbons (Fsp3) is 0.786. The van der Waals surface area contributed by atoms with Crippen molar-refractivity contribution in [2.75, 3.05) is 5.75 Å². The summed E-state index contributed by atoms with van der Waals surface area (Å²) in [4.78, 5) is 12.9. The van der Waals surface area contributed by atoms with E-state index in [1.54, 1.807) is 11.8 Å². The van der Waals surface area contributed by atoms with E-state index < -0.39 is 0 Å². The summed E-state index contributed by atoms with van der Waals surface area (Å²) in [6.45, 7) is 6.50. The molecule has 0 aromatic carbocycles. The van der Waals surface area contributed by atoms with Gasteiger partial charge in [0.05, 0.1) is 4.91 Å². The first-order valence-corrected chi connectivity index (χ1v) is 7.56. The number of hydrogen-bond acceptors (Lipinski definition) is 3. The molecule has 0 saturated carbocycles. The molecule has 0 bridgehead atoms. The molecule has 2 rings (SSSR count). The molecule has 0 radical (unpaired) electrons. The van der Waals surface area contributed by atoms with Crippen LogP contribution in [0.3, 0.4) is 0 Å². The highest BCUT2D eigenvalue weighted by Gasteiger charge is 2.37. The molecule has 0 aromatic heterocycles. The highest BCUT2D eigenvalue weighted by Crippen LogP contribution is 2.44. The Labute approximate surface area is 108 Å². The molecule has 1 unspecified atom stereocenters. The number of allylic oxidation sites excluding steroid dienone is 2. The Morgan fingerprint density at radius 3 is 2.88 bits per heavy atom. The van der Waals surface area contributed by atoms with Gasteiger partial charge in [-0.3, -0.25) is 4.79 Å². The number of carbonyl (C=O) groups excluding carboxylic acids is 1. The average Bonchev–Trinajstić information content (AvgIpc) is 2.24. The van der Waals surface area contributed by atoms with Gasteiger partial charge in [-0.05, 0) is 11.8 Å². The molecule has 1 aliphatic heterocycles. The number of Topliss-reactive ketones (excluding diaryl/α,β-unsaturated/α-hetero) is 1. The van der Waals surface area contributed by atoms with E-state index in [-0.39, 0.29) is 11.2 Å². The summed E-state index contributed by atoms with van der Waals surface area (Å²) in [7, 11) is 0. The average molecular weight is 254 g/mol. The van der Waals surface area contributed by atoms with Gasteiger partial charge in [-0.25, -0.2) is 0 Å². The molecule has 0 fully saturated rings. The van der Waals surface area contributed by atoms with Crippen molar-refractivity contribution in [2.24, 2.45) is 5.41 Å². The fourth-order valence-electron chi connectivity index (χ4n) is 2.49. The van der Waals surface area contributed by atoms with Gasteiger partial charge in [-0.15, -0.1) is 11.8 Å². The molecular formula is C14H22O2S. The summed E-state index contributed by atoms with van der Waals surface area (Å²) in [6.07, 6.45) is 5.45. The van der Waals surface area contributed by atoms with E-state index in [1.165, 1.54) is 12.8 Å². The van der Waals surface area contributed by atoms with E-state index in [0.717, 1.165) is 29.3 Å². The number of carbonyl (C=O) groups is 1. The summed E-state index contributed by atoms with van der Waals surface area (Å²) in [5, 5.41) is 0. The van der Waals surface area contributed by atoms with Crippen LogP contribution in [0.25, 0.3) is 0 Å². The van der Waals surface area contributed by atoms with Crippen LogP contribution >= 0.6 is 11.8 Å². The lowest BCUT2D eigenvalue weighted by Gasteiger charge is -2.36. The van der Waals surface area contributed by atoms with Crippen LogP contribution in [0, 0.1) is 5.41 Å². The number of ketones is 1. The summed E-state index contributed by atoms with van der Waals surface area (Å²) in [5.41, 5.74) is 0.0725. The molecule has 0 N–H and O–H groups in total. The maximum Gasteiger partial charge on any atom is 0.173 e. The third kappa shape index (κ3) is 3.06. The maximum absolute atomic E-state index is 12.0. The molecule has 1 atom stereocenters. The van der Waals surface area contributed by atoms with Crippen LogP contribution in [-0.2, 0) is 9.53 Å². The molecule has 3 heteroatoms. The van der Waals surface area contributed by atoms with Crippen LogP contribution in [0.15, 0.2) is 10.7 Å². The van der Waals surface area contributed by atoms with Crippen LogP contribution in [-0.4, -0.2) is 17.6 Å². The second-order valence-corrected chi connectivity index (χ2v) is 6.92. The molecule has 0 aromatic rings. The van der Waals surface area contributed by atoms with E-state index >= 15 is 0 Å². The van der Waals surface area contributed by atoms with Crippen molar-refractivity contribution in [1.82, 2.24) is 0 Å². The van der Waals surface area contributed by atoms with Gasteiger partial charge >= 0.3 is 0 Å². The standard InChI is InChI=1S/C14H22O2S/c1-4-5-6-10-9-17-13-11(15)7-14(2,3)8-12(13)16-10/h10H,4-9H2,1-3H3. The van der Waals surface area contributed by atoms with Gasteiger partial charge < -0.3 is 4.74 Å². The predicted molar refractivity (Wildman–Crippen MR) is 71.9 cm³/mol. The minimum atomic E-state index is 0.0725. The lowest BCUT2D eigenvalue weighted by atomic mass is 9.79. The minimum Gasteiger partial charge on any atom is -0.493 e. The molecule has 0 amide bonds. The Bertz CT molecular complexity index is 344. The largest absolute Gasteiger partial charge is 0.493 e. The molecule has 2 aliphatic rings. The van der Waals surface area contributed by atoms with Gasteiger partial charge in [0.25, 0.3) is 0 Å². The third-order valence-corrected chi connectivity index (χ3v) is 4.67. The molecule has 96 valence electrons. The molecule has 17 heavy (non-hydrogen) atoms. The predicted octanol–water partition coefficient (Wildman–Crippen LogP) is 3.91.